The molecule has 0 bridgehead atoms. The lowest BCUT2D eigenvalue weighted by atomic mass is 10.0. The van der Waals surface area contributed by atoms with Gasteiger partial charge in [0.25, 0.3) is 0 Å². The molecule has 0 spiro atoms. The first-order valence-electron chi connectivity index (χ1n) is 8.88. The molecule has 0 saturated carbocycles. The maximum absolute atomic E-state index is 14.2. The van der Waals surface area contributed by atoms with Gasteiger partial charge in [-0.25, -0.2) is 18.8 Å². The smallest absolute Gasteiger partial charge is 0.191 e. The van der Waals surface area contributed by atoms with Crippen LogP contribution in [0.15, 0.2) is 23.2 Å². The number of thiazole rings is 1. The summed E-state index contributed by atoms with van der Waals surface area (Å²) < 4.78 is 28.4. The Balaban J connectivity index is 2.14. The molecule has 2 aromatic rings. The topological polar surface area (TPSA) is 52.6 Å². The first-order valence-corrected chi connectivity index (χ1v) is 9.70. The highest BCUT2D eigenvalue weighted by Crippen LogP contribution is 2.24. The standard InChI is InChI=1S/C19H27F2N5S/c1-6-22-19(24-11-17-12(2)25-13(3)27-17)23-10-16(26(4)5)18-14(20)8-7-9-15(18)21/h7-9,16H,6,10-11H2,1-5H3,(H2,22,23,24). The summed E-state index contributed by atoms with van der Waals surface area (Å²) in [6.07, 6.45) is 0. The number of nitrogens with one attached hydrogen (secondary N) is 2. The number of guanidine groups is 1. The van der Waals surface area contributed by atoms with Crippen molar-refractivity contribution >= 4 is 17.3 Å². The fourth-order valence-electron chi connectivity index (χ4n) is 2.78. The summed E-state index contributed by atoms with van der Waals surface area (Å²) in [7, 11) is 3.59. The summed E-state index contributed by atoms with van der Waals surface area (Å²) in [5, 5.41) is 7.38. The van der Waals surface area contributed by atoms with E-state index in [0.29, 0.717) is 25.6 Å². The van der Waals surface area contributed by atoms with Gasteiger partial charge in [-0.15, -0.1) is 11.3 Å². The largest absolute Gasteiger partial charge is 0.357 e. The van der Waals surface area contributed by atoms with E-state index in [2.05, 4.69) is 20.6 Å². The first kappa shape index (κ1) is 21.2. The zero-order chi connectivity index (χ0) is 20.0. The maximum Gasteiger partial charge on any atom is 0.191 e. The molecule has 0 radical (unpaired) electrons. The number of aryl methyl sites for hydroxylation is 2. The second kappa shape index (κ2) is 9.75. The normalized spacial score (nSPS) is 13.1. The molecule has 0 saturated heterocycles. The average molecular weight is 396 g/mol. The zero-order valence-corrected chi connectivity index (χ0v) is 17.3. The third-order valence-electron chi connectivity index (χ3n) is 4.14. The van der Waals surface area contributed by atoms with E-state index in [1.54, 1.807) is 30.3 Å². The molecule has 0 aliphatic carbocycles. The molecule has 0 aliphatic rings. The molecule has 1 aromatic carbocycles. The Labute approximate surface area is 163 Å². The number of nitrogens with zero attached hydrogens (tertiary/aromatic N) is 3. The minimum absolute atomic E-state index is 0.0553. The van der Waals surface area contributed by atoms with Crippen LogP contribution in [0.2, 0.25) is 0 Å². The van der Waals surface area contributed by atoms with Crippen molar-refractivity contribution in [1.82, 2.24) is 20.5 Å². The lowest BCUT2D eigenvalue weighted by molar-refractivity contribution is 0.282. The fourth-order valence-corrected chi connectivity index (χ4v) is 3.64. The van der Waals surface area contributed by atoms with Crippen LogP contribution in [0.1, 0.15) is 34.1 Å². The van der Waals surface area contributed by atoms with Crippen molar-refractivity contribution in [3.8, 4) is 0 Å². The van der Waals surface area contributed by atoms with Gasteiger partial charge in [-0.3, -0.25) is 0 Å². The number of likely N-dealkylation sites (N-methyl/N-ethyl adjacent to an activating group) is 1. The van der Waals surface area contributed by atoms with Crippen LogP contribution >= 0.6 is 11.3 Å². The predicted molar refractivity (Wildman–Crippen MR) is 107 cm³/mol. The number of hydrogen-bond donors (Lipinski definition) is 2. The van der Waals surface area contributed by atoms with Gasteiger partial charge in [0, 0.05) is 23.5 Å². The van der Waals surface area contributed by atoms with Gasteiger partial charge in [-0.2, -0.15) is 0 Å². The minimum atomic E-state index is -0.548. The predicted octanol–water partition coefficient (Wildman–Crippen LogP) is 3.40. The quantitative estimate of drug-likeness (QED) is 0.557. The highest BCUT2D eigenvalue weighted by atomic mass is 32.1. The molecular formula is C19H27F2N5S. The van der Waals surface area contributed by atoms with Crippen LogP contribution in [0.25, 0.3) is 0 Å². The SMILES string of the molecule is CCNC(=NCc1sc(C)nc1C)NCC(c1c(F)cccc1F)N(C)C. The van der Waals surface area contributed by atoms with Crippen LogP contribution in [0, 0.1) is 25.5 Å². The monoisotopic (exact) mass is 395 g/mol. The van der Waals surface area contributed by atoms with Crippen molar-refractivity contribution in [2.24, 2.45) is 4.99 Å². The molecule has 8 heteroatoms. The summed E-state index contributed by atoms with van der Waals surface area (Å²) in [4.78, 5) is 11.9. The molecule has 2 N–H and O–H groups in total. The van der Waals surface area contributed by atoms with Gasteiger partial charge >= 0.3 is 0 Å². The second-order valence-electron chi connectivity index (χ2n) is 6.43. The van der Waals surface area contributed by atoms with Crippen molar-refractivity contribution in [3.05, 3.63) is 51.0 Å². The third kappa shape index (κ3) is 5.71. The summed E-state index contributed by atoms with van der Waals surface area (Å²) in [5.74, 6) is -0.493. The number of aromatic nitrogens is 1. The second-order valence-corrected chi connectivity index (χ2v) is 7.72. The van der Waals surface area contributed by atoms with Crippen molar-refractivity contribution in [2.75, 3.05) is 27.2 Å². The van der Waals surface area contributed by atoms with Gasteiger partial charge in [0.15, 0.2) is 5.96 Å². The Morgan fingerprint density at radius 3 is 2.41 bits per heavy atom. The fraction of sp³-hybridized carbons (Fsp3) is 0.474. The van der Waals surface area contributed by atoms with Crippen LogP contribution in [0.3, 0.4) is 0 Å². The molecule has 5 nitrogen and oxygen atoms in total. The number of hydrogen-bond acceptors (Lipinski definition) is 4. The third-order valence-corrected chi connectivity index (χ3v) is 5.20. The van der Waals surface area contributed by atoms with Gasteiger partial charge in [-0.1, -0.05) is 6.07 Å². The zero-order valence-electron chi connectivity index (χ0n) is 16.4. The van der Waals surface area contributed by atoms with Crippen LogP contribution in [0.5, 0.6) is 0 Å². The van der Waals surface area contributed by atoms with Crippen LogP contribution in [0.4, 0.5) is 8.78 Å². The molecule has 0 amide bonds. The molecule has 1 aromatic heterocycles. The number of halogens is 2. The first-order chi connectivity index (χ1) is 12.8. The van der Waals surface area contributed by atoms with Crippen LogP contribution in [-0.4, -0.2) is 43.0 Å². The molecule has 0 fully saturated rings. The summed E-state index contributed by atoms with van der Waals surface area (Å²) in [6.45, 7) is 7.42. The van der Waals surface area contributed by atoms with Gasteiger partial charge in [0.2, 0.25) is 0 Å². The molecule has 1 heterocycles. The van der Waals surface area contributed by atoms with E-state index in [4.69, 9.17) is 0 Å². The number of benzene rings is 1. The lowest BCUT2D eigenvalue weighted by Gasteiger charge is -2.26. The molecule has 148 valence electrons. The van der Waals surface area contributed by atoms with Gasteiger partial charge in [0.1, 0.15) is 11.6 Å². The van der Waals surface area contributed by atoms with E-state index < -0.39 is 17.7 Å². The molecule has 27 heavy (non-hydrogen) atoms. The van der Waals surface area contributed by atoms with E-state index in [0.717, 1.165) is 15.6 Å². The van der Waals surface area contributed by atoms with Crippen LogP contribution in [-0.2, 0) is 6.54 Å². The lowest BCUT2D eigenvalue weighted by Crippen LogP contribution is -2.42. The molecular weight excluding hydrogens is 368 g/mol. The minimum Gasteiger partial charge on any atom is -0.357 e. The van der Waals surface area contributed by atoms with Crippen molar-refractivity contribution < 1.29 is 8.78 Å². The molecule has 1 atom stereocenters. The Morgan fingerprint density at radius 2 is 1.89 bits per heavy atom. The Hall–Kier alpha value is -2.06. The molecule has 2 rings (SSSR count). The Morgan fingerprint density at radius 1 is 1.22 bits per heavy atom. The highest BCUT2D eigenvalue weighted by Gasteiger charge is 2.22. The van der Waals surface area contributed by atoms with E-state index in [1.165, 1.54) is 18.2 Å². The molecule has 0 aliphatic heterocycles. The Kier molecular flexibility index (Phi) is 7.67. The Bertz CT molecular complexity index is 768. The van der Waals surface area contributed by atoms with E-state index in [-0.39, 0.29) is 5.56 Å². The van der Waals surface area contributed by atoms with Crippen molar-refractivity contribution in [3.63, 3.8) is 0 Å². The van der Waals surface area contributed by atoms with Gasteiger partial charge in [-0.05, 0) is 47.0 Å². The summed E-state index contributed by atoms with van der Waals surface area (Å²) in [5.41, 5.74) is 1.04. The van der Waals surface area contributed by atoms with E-state index in [9.17, 15) is 8.78 Å². The van der Waals surface area contributed by atoms with Crippen LogP contribution < -0.4 is 10.6 Å². The van der Waals surface area contributed by atoms with E-state index >= 15 is 0 Å². The number of rotatable bonds is 7. The van der Waals surface area contributed by atoms with Crippen molar-refractivity contribution in [1.29, 1.82) is 0 Å². The number of aliphatic imine (C=N–C) groups is 1. The average Bonchev–Trinajstić information content (AvgIpc) is 2.92. The maximum atomic E-state index is 14.2. The summed E-state index contributed by atoms with van der Waals surface area (Å²) in [6, 6.07) is 3.47. The molecule has 1 unspecified atom stereocenters. The van der Waals surface area contributed by atoms with E-state index in [1.807, 2.05) is 20.8 Å². The highest BCUT2D eigenvalue weighted by molar-refractivity contribution is 7.11. The van der Waals surface area contributed by atoms with Gasteiger partial charge < -0.3 is 15.5 Å². The van der Waals surface area contributed by atoms with Crippen molar-refractivity contribution in [2.45, 2.75) is 33.4 Å². The van der Waals surface area contributed by atoms with Gasteiger partial charge in [0.05, 0.1) is 23.3 Å². The summed E-state index contributed by atoms with van der Waals surface area (Å²) >= 11 is 1.62.